The lowest BCUT2D eigenvalue weighted by atomic mass is 10.0. The number of rotatable bonds is 7. The molecule has 0 aliphatic heterocycles. The Kier molecular flexibility index (Phi) is 5.68. The van der Waals surface area contributed by atoms with Crippen molar-refractivity contribution in [1.29, 1.82) is 0 Å². The van der Waals surface area contributed by atoms with Gasteiger partial charge in [-0.3, -0.25) is 4.68 Å². The first-order valence-corrected chi connectivity index (χ1v) is 8.41. The number of aromatic nitrogens is 2. The van der Waals surface area contributed by atoms with Crippen LogP contribution in [0.5, 0.6) is 0 Å². The van der Waals surface area contributed by atoms with Crippen molar-refractivity contribution in [3.05, 3.63) is 47.8 Å². The first kappa shape index (κ1) is 15.1. The van der Waals surface area contributed by atoms with Crippen molar-refractivity contribution in [2.45, 2.75) is 37.8 Å². The Morgan fingerprint density at radius 3 is 2.55 bits per heavy atom. The molecule has 20 heavy (non-hydrogen) atoms. The normalized spacial score (nSPS) is 12.6. The van der Waals surface area contributed by atoms with Crippen LogP contribution >= 0.6 is 11.8 Å². The van der Waals surface area contributed by atoms with Crippen LogP contribution in [-0.4, -0.2) is 22.6 Å². The molecule has 108 valence electrons. The Balaban J connectivity index is 2.30. The molecule has 0 amide bonds. The number of nitrogens with zero attached hydrogens (tertiary/aromatic N) is 2. The molecular formula is C16H23N3S. The Hall–Kier alpha value is -1.26. The molecule has 0 aliphatic carbocycles. The summed E-state index contributed by atoms with van der Waals surface area (Å²) >= 11 is 1.77. The maximum absolute atomic E-state index is 4.40. The molecule has 0 aliphatic rings. The minimum atomic E-state index is 0.216. The number of hydrogen-bond acceptors (Lipinski definition) is 3. The Labute approximate surface area is 125 Å². The van der Waals surface area contributed by atoms with Crippen LogP contribution in [0, 0.1) is 0 Å². The average molecular weight is 289 g/mol. The first-order valence-electron chi connectivity index (χ1n) is 7.19. The van der Waals surface area contributed by atoms with Crippen LogP contribution in [0.15, 0.2) is 41.4 Å². The summed E-state index contributed by atoms with van der Waals surface area (Å²) in [5, 5.41) is 8.03. The van der Waals surface area contributed by atoms with Gasteiger partial charge in [-0.15, -0.1) is 11.8 Å². The van der Waals surface area contributed by atoms with E-state index in [1.807, 2.05) is 6.20 Å². The number of hydrogen-bond donors (Lipinski definition) is 1. The van der Waals surface area contributed by atoms with Gasteiger partial charge in [0.25, 0.3) is 0 Å². The van der Waals surface area contributed by atoms with Crippen LogP contribution in [0.4, 0.5) is 0 Å². The summed E-state index contributed by atoms with van der Waals surface area (Å²) in [4.78, 5) is 1.30. The maximum Gasteiger partial charge on any atom is 0.0748 e. The van der Waals surface area contributed by atoms with Gasteiger partial charge in [0.15, 0.2) is 0 Å². The molecule has 0 bridgehead atoms. The molecule has 1 unspecified atom stereocenters. The van der Waals surface area contributed by atoms with E-state index >= 15 is 0 Å². The number of nitrogens with one attached hydrogen (secondary N) is 1. The molecule has 0 saturated heterocycles. The highest BCUT2D eigenvalue weighted by Gasteiger charge is 2.17. The monoisotopic (exact) mass is 289 g/mol. The number of aryl methyl sites for hydroxylation is 1. The van der Waals surface area contributed by atoms with Gasteiger partial charge in [0.05, 0.1) is 11.7 Å². The Morgan fingerprint density at radius 2 is 1.95 bits per heavy atom. The van der Waals surface area contributed by atoms with Gasteiger partial charge in [-0.25, -0.2) is 0 Å². The molecule has 2 aromatic rings. The van der Waals surface area contributed by atoms with E-state index in [9.17, 15) is 0 Å². The molecule has 0 saturated carbocycles. The van der Waals surface area contributed by atoms with Crippen molar-refractivity contribution in [2.75, 3.05) is 12.8 Å². The molecule has 0 spiro atoms. The largest absolute Gasteiger partial charge is 0.305 e. The molecule has 1 heterocycles. The molecule has 0 fully saturated rings. The van der Waals surface area contributed by atoms with E-state index < -0.39 is 0 Å². The highest BCUT2D eigenvalue weighted by Crippen LogP contribution is 2.24. The number of benzene rings is 1. The highest BCUT2D eigenvalue weighted by atomic mass is 32.2. The van der Waals surface area contributed by atoms with E-state index in [2.05, 4.69) is 65.5 Å². The van der Waals surface area contributed by atoms with Gasteiger partial charge in [0.2, 0.25) is 0 Å². The fraction of sp³-hybridized carbons (Fsp3) is 0.438. The SMILES string of the molecule is CCCNC(c1ccc(SC)cc1)c1ccnn1CC. The lowest BCUT2D eigenvalue weighted by Crippen LogP contribution is -2.25. The molecule has 1 aromatic heterocycles. The molecule has 0 radical (unpaired) electrons. The fourth-order valence-electron chi connectivity index (χ4n) is 2.33. The summed E-state index contributed by atoms with van der Waals surface area (Å²) < 4.78 is 2.07. The van der Waals surface area contributed by atoms with Crippen molar-refractivity contribution in [2.24, 2.45) is 0 Å². The predicted molar refractivity (Wildman–Crippen MR) is 86.3 cm³/mol. The van der Waals surface area contributed by atoms with Crippen molar-refractivity contribution in [1.82, 2.24) is 15.1 Å². The summed E-state index contributed by atoms with van der Waals surface area (Å²) in [5.41, 5.74) is 2.53. The van der Waals surface area contributed by atoms with Crippen molar-refractivity contribution in [3.8, 4) is 0 Å². The van der Waals surface area contributed by atoms with Gasteiger partial charge < -0.3 is 5.32 Å². The molecule has 4 heteroatoms. The Morgan fingerprint density at radius 1 is 1.20 bits per heavy atom. The molecule has 2 rings (SSSR count). The van der Waals surface area contributed by atoms with Crippen molar-refractivity contribution < 1.29 is 0 Å². The Bertz CT molecular complexity index is 519. The topological polar surface area (TPSA) is 29.9 Å². The molecule has 1 atom stereocenters. The first-order chi connectivity index (χ1) is 9.80. The summed E-state index contributed by atoms with van der Waals surface area (Å²) in [6, 6.07) is 11.1. The smallest absolute Gasteiger partial charge is 0.0748 e. The fourth-order valence-corrected chi connectivity index (χ4v) is 2.74. The van der Waals surface area contributed by atoms with Gasteiger partial charge in [-0.2, -0.15) is 5.10 Å². The van der Waals surface area contributed by atoms with Gasteiger partial charge in [-0.1, -0.05) is 19.1 Å². The molecule has 3 nitrogen and oxygen atoms in total. The molecule has 1 aromatic carbocycles. The van der Waals surface area contributed by atoms with E-state index in [1.54, 1.807) is 11.8 Å². The van der Waals surface area contributed by atoms with Gasteiger partial charge in [-0.05, 0) is 49.9 Å². The maximum atomic E-state index is 4.40. The van der Waals surface area contributed by atoms with Crippen LogP contribution < -0.4 is 5.32 Å². The summed E-state index contributed by atoms with van der Waals surface area (Å²) in [6.07, 6.45) is 5.11. The zero-order valence-electron chi connectivity index (χ0n) is 12.5. The van der Waals surface area contributed by atoms with Crippen LogP contribution in [0.1, 0.15) is 37.6 Å². The van der Waals surface area contributed by atoms with E-state index in [0.29, 0.717) is 0 Å². The third-order valence-electron chi connectivity index (χ3n) is 3.39. The van der Waals surface area contributed by atoms with E-state index in [4.69, 9.17) is 0 Å². The number of thioether (sulfide) groups is 1. The second-order valence-electron chi connectivity index (χ2n) is 4.73. The average Bonchev–Trinajstić information content (AvgIpc) is 2.96. The minimum Gasteiger partial charge on any atom is -0.305 e. The third kappa shape index (κ3) is 3.44. The van der Waals surface area contributed by atoms with Crippen molar-refractivity contribution in [3.63, 3.8) is 0 Å². The third-order valence-corrected chi connectivity index (χ3v) is 4.14. The minimum absolute atomic E-state index is 0.216. The predicted octanol–water partition coefficient (Wildman–Crippen LogP) is 3.71. The summed E-state index contributed by atoms with van der Waals surface area (Å²) in [6.45, 7) is 6.22. The molecular weight excluding hydrogens is 266 g/mol. The van der Waals surface area contributed by atoms with E-state index in [1.165, 1.54) is 16.2 Å². The van der Waals surface area contributed by atoms with Crippen molar-refractivity contribution >= 4 is 11.8 Å². The van der Waals surface area contributed by atoms with Gasteiger partial charge in [0, 0.05) is 17.6 Å². The van der Waals surface area contributed by atoms with Crippen LogP contribution in [0.2, 0.25) is 0 Å². The van der Waals surface area contributed by atoms with E-state index in [0.717, 1.165) is 19.5 Å². The summed E-state index contributed by atoms with van der Waals surface area (Å²) in [5.74, 6) is 0. The standard InChI is InChI=1S/C16H23N3S/c1-4-11-17-16(15-10-12-18-19(15)5-2)13-6-8-14(20-3)9-7-13/h6-10,12,16-17H,4-5,11H2,1-3H3. The lowest BCUT2D eigenvalue weighted by molar-refractivity contribution is 0.529. The van der Waals surface area contributed by atoms with Gasteiger partial charge >= 0.3 is 0 Å². The zero-order chi connectivity index (χ0) is 14.4. The lowest BCUT2D eigenvalue weighted by Gasteiger charge is -2.20. The van der Waals surface area contributed by atoms with Crippen LogP contribution in [-0.2, 0) is 6.54 Å². The van der Waals surface area contributed by atoms with Crippen LogP contribution in [0.25, 0.3) is 0 Å². The van der Waals surface area contributed by atoms with E-state index in [-0.39, 0.29) is 6.04 Å². The second kappa shape index (κ2) is 7.50. The highest BCUT2D eigenvalue weighted by molar-refractivity contribution is 7.98. The second-order valence-corrected chi connectivity index (χ2v) is 5.61. The van der Waals surface area contributed by atoms with Crippen LogP contribution in [0.3, 0.4) is 0 Å². The zero-order valence-corrected chi connectivity index (χ0v) is 13.3. The quantitative estimate of drug-likeness (QED) is 0.788. The van der Waals surface area contributed by atoms with Gasteiger partial charge in [0.1, 0.15) is 0 Å². The molecule has 1 N–H and O–H groups in total. The summed E-state index contributed by atoms with van der Waals surface area (Å²) in [7, 11) is 0.